The van der Waals surface area contributed by atoms with Crippen molar-refractivity contribution in [1.29, 1.82) is 0 Å². The molecule has 2 heterocycles. The number of hydrogen-bond acceptors (Lipinski definition) is 5. The minimum Gasteiger partial charge on any atom is -0.486 e. The molecule has 0 saturated carbocycles. The molecule has 1 aromatic heterocycles. The van der Waals surface area contributed by atoms with E-state index in [1.807, 2.05) is 42.5 Å². The van der Waals surface area contributed by atoms with E-state index in [-0.39, 0.29) is 5.91 Å². The van der Waals surface area contributed by atoms with Crippen LogP contribution in [0.2, 0.25) is 0 Å². The fraction of sp³-hybridized carbons (Fsp3) is 0.143. The van der Waals surface area contributed by atoms with Crippen LogP contribution in [-0.4, -0.2) is 24.1 Å². The molecule has 0 saturated heterocycles. The Morgan fingerprint density at radius 1 is 1.07 bits per heavy atom. The maximum atomic E-state index is 12.4. The molecule has 0 atom stereocenters. The molecule has 0 spiro atoms. The van der Waals surface area contributed by atoms with Crippen molar-refractivity contribution in [3.63, 3.8) is 0 Å². The zero-order valence-corrected chi connectivity index (χ0v) is 16.4. The maximum Gasteiger partial charge on any atom is 0.253 e. The monoisotopic (exact) mass is 440 g/mol. The number of nitrogens with one attached hydrogen (secondary N) is 1. The molecule has 3 aromatic rings. The third-order valence-electron chi connectivity index (χ3n) is 4.08. The molecule has 6 nitrogen and oxygen atoms in total. The van der Waals surface area contributed by atoms with Gasteiger partial charge in [-0.3, -0.25) is 4.79 Å². The van der Waals surface area contributed by atoms with Gasteiger partial charge in [0.25, 0.3) is 5.91 Å². The smallest absolute Gasteiger partial charge is 0.253 e. The summed E-state index contributed by atoms with van der Waals surface area (Å²) in [5.74, 6) is 2.30. The summed E-state index contributed by atoms with van der Waals surface area (Å²) in [6.45, 7) is 1.46. The number of aromatic nitrogens is 1. The number of hydrogen-bond donors (Lipinski definition) is 1. The normalized spacial score (nSPS) is 12.3. The van der Waals surface area contributed by atoms with Gasteiger partial charge in [0.2, 0.25) is 5.88 Å². The first-order valence-corrected chi connectivity index (χ1v) is 9.53. The zero-order valence-electron chi connectivity index (χ0n) is 14.9. The van der Waals surface area contributed by atoms with Gasteiger partial charge < -0.3 is 19.5 Å². The Morgan fingerprint density at radius 3 is 2.71 bits per heavy atom. The number of pyridine rings is 1. The highest BCUT2D eigenvalue weighted by atomic mass is 79.9. The number of halogens is 1. The largest absolute Gasteiger partial charge is 0.486 e. The van der Waals surface area contributed by atoms with Crippen molar-refractivity contribution in [2.24, 2.45) is 0 Å². The van der Waals surface area contributed by atoms with Crippen LogP contribution in [0.25, 0.3) is 0 Å². The van der Waals surface area contributed by atoms with Gasteiger partial charge in [-0.15, -0.1) is 0 Å². The van der Waals surface area contributed by atoms with Crippen LogP contribution in [0.5, 0.6) is 23.1 Å². The Balaban J connectivity index is 1.36. The summed E-state index contributed by atoms with van der Waals surface area (Å²) in [5.41, 5.74) is 1.39. The van der Waals surface area contributed by atoms with E-state index in [1.54, 1.807) is 12.1 Å². The summed E-state index contributed by atoms with van der Waals surface area (Å²) in [4.78, 5) is 16.6. The van der Waals surface area contributed by atoms with Gasteiger partial charge in [0, 0.05) is 23.3 Å². The molecule has 0 fully saturated rings. The summed E-state index contributed by atoms with van der Waals surface area (Å²) in [7, 11) is 0. The van der Waals surface area contributed by atoms with Crippen molar-refractivity contribution in [2.45, 2.75) is 6.54 Å². The summed E-state index contributed by atoms with van der Waals surface area (Å²) in [6, 6.07) is 16.4. The number of amides is 1. The Bertz CT molecular complexity index is 992. The summed E-state index contributed by atoms with van der Waals surface area (Å²) in [5, 5.41) is 2.88. The molecule has 0 unspecified atom stereocenters. The van der Waals surface area contributed by atoms with E-state index in [9.17, 15) is 4.79 Å². The fourth-order valence-corrected chi connectivity index (χ4v) is 3.09. The van der Waals surface area contributed by atoms with Crippen LogP contribution in [0.1, 0.15) is 15.9 Å². The molecule has 1 aliphatic heterocycles. The van der Waals surface area contributed by atoms with Gasteiger partial charge in [0.05, 0.1) is 5.56 Å². The van der Waals surface area contributed by atoms with E-state index in [0.717, 1.165) is 15.8 Å². The first kappa shape index (κ1) is 18.3. The van der Waals surface area contributed by atoms with E-state index >= 15 is 0 Å². The molecular weight excluding hydrogens is 424 g/mol. The standard InChI is InChI=1S/C21H17BrN2O4/c22-16-2-1-3-17(11-16)28-20-7-5-15(13-23-20)21(25)24-12-14-4-6-18-19(10-14)27-9-8-26-18/h1-7,10-11,13H,8-9,12H2,(H,24,25). The second-order valence-corrected chi connectivity index (χ2v) is 7.02. The van der Waals surface area contributed by atoms with Crippen molar-refractivity contribution in [3.05, 3.63) is 76.4 Å². The van der Waals surface area contributed by atoms with Gasteiger partial charge in [-0.1, -0.05) is 28.1 Å². The number of rotatable bonds is 5. The average molecular weight is 441 g/mol. The number of nitrogens with zero attached hydrogens (tertiary/aromatic N) is 1. The average Bonchev–Trinajstić information content (AvgIpc) is 2.72. The van der Waals surface area contributed by atoms with Crippen LogP contribution in [0.15, 0.2) is 65.3 Å². The number of carbonyl (C=O) groups is 1. The number of benzene rings is 2. The molecule has 0 aliphatic carbocycles. The lowest BCUT2D eigenvalue weighted by Gasteiger charge is -2.19. The maximum absolute atomic E-state index is 12.4. The third kappa shape index (κ3) is 4.43. The summed E-state index contributed by atoms with van der Waals surface area (Å²) >= 11 is 3.39. The van der Waals surface area contributed by atoms with Crippen LogP contribution in [0.4, 0.5) is 0 Å². The predicted octanol–water partition coefficient (Wildman–Crippen LogP) is 4.34. The van der Waals surface area contributed by atoms with Crippen molar-refractivity contribution in [3.8, 4) is 23.1 Å². The first-order chi connectivity index (χ1) is 13.7. The molecule has 0 bridgehead atoms. The molecule has 7 heteroatoms. The quantitative estimate of drug-likeness (QED) is 0.638. The fourth-order valence-electron chi connectivity index (χ4n) is 2.71. The van der Waals surface area contributed by atoms with Gasteiger partial charge in [0.15, 0.2) is 11.5 Å². The van der Waals surface area contributed by atoms with Crippen LogP contribution in [-0.2, 0) is 6.54 Å². The lowest BCUT2D eigenvalue weighted by molar-refractivity contribution is 0.0950. The second kappa shape index (κ2) is 8.31. The van der Waals surface area contributed by atoms with E-state index in [1.165, 1.54) is 6.20 Å². The van der Waals surface area contributed by atoms with E-state index in [0.29, 0.717) is 42.7 Å². The Hall–Kier alpha value is -3.06. The lowest BCUT2D eigenvalue weighted by atomic mass is 10.2. The van der Waals surface area contributed by atoms with Gasteiger partial charge in [-0.25, -0.2) is 4.98 Å². The minimum absolute atomic E-state index is 0.212. The highest BCUT2D eigenvalue weighted by molar-refractivity contribution is 9.10. The van der Waals surface area contributed by atoms with Crippen LogP contribution >= 0.6 is 15.9 Å². The third-order valence-corrected chi connectivity index (χ3v) is 4.57. The first-order valence-electron chi connectivity index (χ1n) is 8.73. The van der Waals surface area contributed by atoms with Crippen molar-refractivity contribution in [1.82, 2.24) is 10.3 Å². The lowest BCUT2D eigenvalue weighted by Crippen LogP contribution is -2.23. The molecule has 4 rings (SSSR count). The van der Waals surface area contributed by atoms with Gasteiger partial charge >= 0.3 is 0 Å². The van der Waals surface area contributed by atoms with Gasteiger partial charge in [-0.05, 0) is 42.0 Å². The second-order valence-electron chi connectivity index (χ2n) is 6.11. The van der Waals surface area contributed by atoms with Crippen molar-refractivity contribution < 1.29 is 19.0 Å². The molecule has 0 radical (unpaired) electrons. The molecular formula is C21H17BrN2O4. The number of fused-ring (bicyclic) bond motifs is 1. The Kier molecular flexibility index (Phi) is 5.43. The summed E-state index contributed by atoms with van der Waals surface area (Å²) < 4.78 is 17.7. The van der Waals surface area contributed by atoms with Crippen LogP contribution in [0, 0.1) is 0 Å². The number of carbonyl (C=O) groups excluding carboxylic acids is 1. The van der Waals surface area contributed by atoms with Gasteiger partial charge in [0.1, 0.15) is 19.0 Å². The predicted molar refractivity (Wildman–Crippen MR) is 107 cm³/mol. The van der Waals surface area contributed by atoms with E-state index < -0.39 is 0 Å². The molecule has 2 aromatic carbocycles. The topological polar surface area (TPSA) is 69.7 Å². The van der Waals surface area contributed by atoms with Crippen LogP contribution in [0.3, 0.4) is 0 Å². The summed E-state index contributed by atoms with van der Waals surface area (Å²) in [6.07, 6.45) is 1.49. The zero-order chi connectivity index (χ0) is 19.3. The van der Waals surface area contributed by atoms with Crippen molar-refractivity contribution >= 4 is 21.8 Å². The molecule has 1 N–H and O–H groups in total. The minimum atomic E-state index is -0.212. The van der Waals surface area contributed by atoms with Gasteiger partial charge in [-0.2, -0.15) is 0 Å². The molecule has 1 amide bonds. The highest BCUT2D eigenvalue weighted by Gasteiger charge is 2.12. The Labute approximate surface area is 170 Å². The van der Waals surface area contributed by atoms with Crippen molar-refractivity contribution in [2.75, 3.05) is 13.2 Å². The van der Waals surface area contributed by atoms with Crippen LogP contribution < -0.4 is 19.5 Å². The SMILES string of the molecule is O=C(NCc1ccc2c(c1)OCCO2)c1ccc(Oc2cccc(Br)c2)nc1. The molecule has 28 heavy (non-hydrogen) atoms. The molecule has 142 valence electrons. The Morgan fingerprint density at radius 2 is 1.93 bits per heavy atom. The van der Waals surface area contributed by atoms with E-state index in [4.69, 9.17) is 14.2 Å². The van der Waals surface area contributed by atoms with E-state index in [2.05, 4.69) is 26.2 Å². The number of ether oxygens (including phenoxy) is 3. The molecule has 1 aliphatic rings. The highest BCUT2D eigenvalue weighted by Crippen LogP contribution is 2.30.